The summed E-state index contributed by atoms with van der Waals surface area (Å²) < 4.78 is 0. The van der Waals surface area contributed by atoms with Gasteiger partial charge < -0.3 is 10.0 Å². The molecule has 0 spiro atoms. The lowest BCUT2D eigenvalue weighted by molar-refractivity contribution is -0.140. The monoisotopic (exact) mass is 254 g/mol. The maximum atomic E-state index is 11.9. The van der Waals surface area contributed by atoms with Gasteiger partial charge in [-0.15, -0.1) is 0 Å². The van der Waals surface area contributed by atoms with Gasteiger partial charge in [-0.05, 0) is 12.8 Å². The van der Waals surface area contributed by atoms with Crippen molar-refractivity contribution < 1.29 is 19.5 Å². The zero-order valence-electron chi connectivity index (χ0n) is 10.3. The molecule has 0 saturated carbocycles. The van der Waals surface area contributed by atoms with Crippen LogP contribution in [0.25, 0.3) is 0 Å². The molecule has 6 heteroatoms. The van der Waals surface area contributed by atoms with Crippen molar-refractivity contribution in [1.82, 2.24) is 9.80 Å². The summed E-state index contributed by atoms with van der Waals surface area (Å²) in [7, 11) is 0. The number of amides is 3. The fourth-order valence-corrected chi connectivity index (χ4v) is 2.42. The third-order valence-electron chi connectivity index (χ3n) is 3.45. The number of imide groups is 1. The van der Waals surface area contributed by atoms with Gasteiger partial charge in [0.15, 0.2) is 0 Å². The van der Waals surface area contributed by atoms with Crippen molar-refractivity contribution in [2.45, 2.75) is 38.2 Å². The molecule has 100 valence electrons. The van der Waals surface area contributed by atoms with E-state index in [1.807, 2.05) is 0 Å². The van der Waals surface area contributed by atoms with E-state index in [4.69, 9.17) is 0 Å². The lowest BCUT2D eigenvalue weighted by atomic mass is 10.1. The minimum Gasteiger partial charge on any atom is -0.391 e. The summed E-state index contributed by atoms with van der Waals surface area (Å²) in [5.74, 6) is -0.473. The van der Waals surface area contributed by atoms with Gasteiger partial charge in [0.25, 0.3) is 0 Å². The van der Waals surface area contributed by atoms with E-state index in [2.05, 4.69) is 0 Å². The van der Waals surface area contributed by atoms with E-state index in [9.17, 15) is 19.5 Å². The largest absolute Gasteiger partial charge is 0.391 e. The Hall–Kier alpha value is -1.43. The normalized spacial score (nSPS) is 24.8. The maximum absolute atomic E-state index is 11.9. The average Bonchev–Trinajstić information content (AvgIpc) is 2.66. The van der Waals surface area contributed by atoms with Crippen molar-refractivity contribution >= 4 is 17.7 Å². The molecule has 0 bridgehead atoms. The Balaban J connectivity index is 1.81. The second kappa shape index (κ2) is 5.48. The Bertz CT molecular complexity index is 353. The molecule has 2 heterocycles. The highest BCUT2D eigenvalue weighted by Crippen LogP contribution is 2.14. The first-order chi connectivity index (χ1) is 8.58. The van der Waals surface area contributed by atoms with Gasteiger partial charge in [0.2, 0.25) is 17.7 Å². The van der Waals surface area contributed by atoms with Gasteiger partial charge >= 0.3 is 0 Å². The quantitative estimate of drug-likeness (QED) is 0.689. The van der Waals surface area contributed by atoms with Gasteiger partial charge in [-0.1, -0.05) is 0 Å². The van der Waals surface area contributed by atoms with Crippen LogP contribution in [-0.2, 0) is 14.4 Å². The van der Waals surface area contributed by atoms with Gasteiger partial charge in [-0.25, -0.2) is 0 Å². The molecule has 2 aliphatic heterocycles. The van der Waals surface area contributed by atoms with Crippen molar-refractivity contribution in [2.75, 3.05) is 19.6 Å². The molecule has 2 saturated heterocycles. The van der Waals surface area contributed by atoms with Crippen LogP contribution in [0.15, 0.2) is 0 Å². The molecule has 2 fully saturated rings. The molecule has 18 heavy (non-hydrogen) atoms. The van der Waals surface area contributed by atoms with E-state index in [-0.39, 0.29) is 43.5 Å². The molecule has 2 aliphatic rings. The van der Waals surface area contributed by atoms with Crippen LogP contribution in [0.5, 0.6) is 0 Å². The highest BCUT2D eigenvalue weighted by atomic mass is 16.3. The first-order valence-corrected chi connectivity index (χ1v) is 6.37. The van der Waals surface area contributed by atoms with Crippen LogP contribution in [0.1, 0.15) is 32.1 Å². The van der Waals surface area contributed by atoms with E-state index < -0.39 is 6.10 Å². The number of likely N-dealkylation sites (tertiary alicyclic amines) is 2. The summed E-state index contributed by atoms with van der Waals surface area (Å²) in [6.45, 7) is 1.18. The number of piperidine rings is 1. The number of hydrogen-bond donors (Lipinski definition) is 1. The molecule has 2 rings (SSSR count). The van der Waals surface area contributed by atoms with Crippen molar-refractivity contribution in [2.24, 2.45) is 0 Å². The SMILES string of the molecule is O=C(CCN1C(=O)CCC1=O)N1CCC[C@H](O)C1. The first kappa shape index (κ1) is 13.0. The summed E-state index contributed by atoms with van der Waals surface area (Å²) in [5.41, 5.74) is 0. The number of carbonyl (C=O) groups is 3. The Morgan fingerprint density at radius 3 is 2.56 bits per heavy atom. The number of nitrogens with zero attached hydrogens (tertiary/aromatic N) is 2. The summed E-state index contributed by atoms with van der Waals surface area (Å²) in [6.07, 6.45) is 1.76. The Kier molecular flexibility index (Phi) is 3.96. The molecular formula is C12H18N2O4. The molecule has 0 radical (unpaired) electrons. The molecular weight excluding hydrogens is 236 g/mol. The van der Waals surface area contributed by atoms with Gasteiger partial charge in [0.05, 0.1) is 6.10 Å². The number of hydrogen-bond acceptors (Lipinski definition) is 4. The van der Waals surface area contributed by atoms with Crippen LogP contribution < -0.4 is 0 Å². The lowest BCUT2D eigenvalue weighted by Crippen LogP contribution is -2.43. The fourth-order valence-electron chi connectivity index (χ4n) is 2.42. The number of aliphatic hydroxyl groups excluding tert-OH is 1. The Morgan fingerprint density at radius 2 is 1.94 bits per heavy atom. The number of rotatable bonds is 3. The first-order valence-electron chi connectivity index (χ1n) is 6.37. The van der Waals surface area contributed by atoms with Crippen LogP contribution in [0, 0.1) is 0 Å². The van der Waals surface area contributed by atoms with E-state index in [1.165, 1.54) is 0 Å². The standard InChI is InChI=1S/C12H18N2O4/c15-9-2-1-6-13(8-9)10(16)5-7-14-11(17)3-4-12(14)18/h9,15H,1-8H2/t9-/m0/s1. The number of β-amino-alcohol motifs (C(OH)–C–C–N with tert-alkyl or cyclic N) is 1. The summed E-state index contributed by atoms with van der Waals surface area (Å²) in [4.78, 5) is 37.4. The molecule has 0 aromatic carbocycles. The molecule has 1 atom stereocenters. The van der Waals surface area contributed by atoms with Crippen LogP contribution >= 0.6 is 0 Å². The predicted octanol–water partition coefficient (Wildman–Crippen LogP) is -0.491. The average molecular weight is 254 g/mol. The van der Waals surface area contributed by atoms with Crippen molar-refractivity contribution in [3.8, 4) is 0 Å². The van der Waals surface area contributed by atoms with Crippen molar-refractivity contribution in [3.63, 3.8) is 0 Å². The zero-order valence-corrected chi connectivity index (χ0v) is 10.3. The van der Waals surface area contributed by atoms with Crippen molar-refractivity contribution in [1.29, 1.82) is 0 Å². The Labute approximate surface area is 106 Å². The third kappa shape index (κ3) is 2.87. The second-order valence-corrected chi connectivity index (χ2v) is 4.82. The van der Waals surface area contributed by atoms with E-state index in [0.29, 0.717) is 13.1 Å². The third-order valence-corrected chi connectivity index (χ3v) is 3.45. The molecule has 1 N–H and O–H groups in total. The summed E-state index contributed by atoms with van der Waals surface area (Å²) >= 11 is 0. The smallest absolute Gasteiger partial charge is 0.229 e. The molecule has 0 aliphatic carbocycles. The molecule has 6 nitrogen and oxygen atoms in total. The summed E-state index contributed by atoms with van der Waals surface area (Å²) in [6, 6.07) is 0. The molecule has 3 amide bonds. The zero-order chi connectivity index (χ0) is 13.1. The van der Waals surface area contributed by atoms with Gasteiger partial charge in [0.1, 0.15) is 0 Å². The minimum absolute atomic E-state index is 0.0961. The van der Waals surface area contributed by atoms with Crippen LogP contribution in [0.4, 0.5) is 0 Å². The van der Waals surface area contributed by atoms with Crippen LogP contribution in [0.3, 0.4) is 0 Å². The number of aliphatic hydroxyl groups is 1. The molecule has 0 unspecified atom stereocenters. The van der Waals surface area contributed by atoms with E-state index >= 15 is 0 Å². The highest BCUT2D eigenvalue weighted by Gasteiger charge is 2.30. The fraction of sp³-hybridized carbons (Fsp3) is 0.750. The van der Waals surface area contributed by atoms with Crippen LogP contribution in [0.2, 0.25) is 0 Å². The second-order valence-electron chi connectivity index (χ2n) is 4.82. The van der Waals surface area contributed by atoms with Crippen molar-refractivity contribution in [3.05, 3.63) is 0 Å². The van der Waals surface area contributed by atoms with Gasteiger partial charge in [-0.2, -0.15) is 0 Å². The lowest BCUT2D eigenvalue weighted by Gasteiger charge is -2.30. The molecule has 0 aromatic heterocycles. The molecule has 0 aromatic rings. The maximum Gasteiger partial charge on any atom is 0.229 e. The number of carbonyl (C=O) groups excluding carboxylic acids is 3. The minimum atomic E-state index is -0.447. The van der Waals surface area contributed by atoms with Crippen LogP contribution in [-0.4, -0.2) is 58.4 Å². The highest BCUT2D eigenvalue weighted by molar-refractivity contribution is 6.02. The Morgan fingerprint density at radius 1 is 1.28 bits per heavy atom. The van der Waals surface area contributed by atoms with E-state index in [0.717, 1.165) is 17.7 Å². The van der Waals surface area contributed by atoms with E-state index in [1.54, 1.807) is 4.90 Å². The topological polar surface area (TPSA) is 77.9 Å². The van der Waals surface area contributed by atoms with Gasteiger partial charge in [0, 0.05) is 38.9 Å². The predicted molar refractivity (Wildman–Crippen MR) is 62.4 cm³/mol. The summed E-state index contributed by atoms with van der Waals surface area (Å²) in [5, 5.41) is 9.48. The van der Waals surface area contributed by atoms with Gasteiger partial charge in [-0.3, -0.25) is 19.3 Å².